The number of esters is 1. The van der Waals surface area contributed by atoms with E-state index in [1.54, 1.807) is 50.6 Å². The number of rotatable bonds is 4. The highest BCUT2D eigenvalue weighted by Gasteiger charge is 2.41. The summed E-state index contributed by atoms with van der Waals surface area (Å²) in [4.78, 5) is 26.4. The first kappa shape index (κ1) is 20.9. The number of hydrogen-bond donors (Lipinski definition) is 1. The van der Waals surface area contributed by atoms with Crippen LogP contribution in [0.25, 0.3) is 5.69 Å². The van der Waals surface area contributed by atoms with Gasteiger partial charge in [0.25, 0.3) is 5.91 Å². The van der Waals surface area contributed by atoms with Gasteiger partial charge in [-0.1, -0.05) is 0 Å². The molecule has 0 radical (unpaired) electrons. The van der Waals surface area contributed by atoms with E-state index in [2.05, 4.69) is 5.10 Å². The molecule has 3 rings (SSSR count). The number of halogens is 1. The average Bonchev–Trinajstić information content (AvgIpc) is 3.02. The summed E-state index contributed by atoms with van der Waals surface area (Å²) in [6, 6.07) is 7.50. The molecule has 156 valence electrons. The third kappa shape index (κ3) is 4.63. The number of aliphatic hydroxyl groups is 1. The summed E-state index contributed by atoms with van der Waals surface area (Å²) in [6.07, 6.45) is -3.13. The molecule has 0 unspecified atom stereocenters. The van der Waals surface area contributed by atoms with Crippen LogP contribution in [0.3, 0.4) is 0 Å². The second-order valence-corrected chi connectivity index (χ2v) is 7.79. The van der Waals surface area contributed by atoms with Crippen molar-refractivity contribution in [2.45, 2.75) is 45.5 Å². The van der Waals surface area contributed by atoms with Crippen molar-refractivity contribution in [1.82, 2.24) is 9.78 Å². The summed E-state index contributed by atoms with van der Waals surface area (Å²) in [7, 11) is 0. The number of amides is 1. The summed E-state index contributed by atoms with van der Waals surface area (Å²) in [6.45, 7) is 7.14. The van der Waals surface area contributed by atoms with Crippen LogP contribution in [0, 0.1) is 12.7 Å². The monoisotopic (exact) mass is 405 g/mol. The molecule has 8 nitrogen and oxygen atoms in total. The first-order valence-electron chi connectivity index (χ1n) is 9.23. The van der Waals surface area contributed by atoms with Crippen LogP contribution in [-0.2, 0) is 19.1 Å². The molecule has 1 aliphatic rings. The molecule has 0 saturated carbocycles. The number of ether oxygens (including phenoxy) is 2. The number of carbonyl (C=O) groups excluding carboxylic acids is 2. The van der Waals surface area contributed by atoms with E-state index in [-0.39, 0.29) is 19.0 Å². The molecule has 1 aromatic carbocycles. The van der Waals surface area contributed by atoms with Gasteiger partial charge in [0.15, 0.2) is 18.0 Å². The van der Waals surface area contributed by atoms with Crippen LogP contribution in [0.2, 0.25) is 0 Å². The van der Waals surface area contributed by atoms with Gasteiger partial charge >= 0.3 is 5.97 Å². The lowest BCUT2D eigenvalue weighted by molar-refractivity contribution is -0.177. The average molecular weight is 405 g/mol. The number of aliphatic hydroxyl groups excluding tert-OH is 1. The fourth-order valence-corrected chi connectivity index (χ4v) is 2.98. The molecule has 1 saturated heterocycles. The number of nitrogens with zero attached hydrogens (tertiary/aromatic N) is 3. The Labute approximate surface area is 167 Å². The predicted molar refractivity (Wildman–Crippen MR) is 102 cm³/mol. The molecule has 1 fully saturated rings. The summed E-state index contributed by atoms with van der Waals surface area (Å²) >= 11 is 0. The Morgan fingerprint density at radius 3 is 2.62 bits per heavy atom. The maximum Gasteiger partial charge on any atom is 0.338 e. The molecule has 1 aliphatic heterocycles. The fraction of sp³-hybridized carbons (Fsp3) is 0.450. The quantitative estimate of drug-likeness (QED) is 0.779. The molecule has 1 N–H and O–H groups in total. The number of aromatic nitrogens is 2. The highest BCUT2D eigenvalue weighted by atomic mass is 19.1. The lowest BCUT2D eigenvalue weighted by Crippen LogP contribution is -2.55. The summed E-state index contributed by atoms with van der Waals surface area (Å²) in [5, 5.41) is 14.7. The van der Waals surface area contributed by atoms with Gasteiger partial charge in [-0.25, -0.2) is 13.9 Å². The largest absolute Gasteiger partial charge is 0.458 e. The van der Waals surface area contributed by atoms with E-state index in [9.17, 15) is 19.1 Å². The smallest absolute Gasteiger partial charge is 0.338 e. The van der Waals surface area contributed by atoms with E-state index < -0.39 is 29.7 Å². The molecule has 2 heterocycles. The van der Waals surface area contributed by atoms with Gasteiger partial charge in [0.05, 0.1) is 18.8 Å². The van der Waals surface area contributed by atoms with Gasteiger partial charge in [-0.15, -0.1) is 5.10 Å². The van der Waals surface area contributed by atoms with E-state index in [1.165, 1.54) is 17.0 Å². The third-order valence-electron chi connectivity index (χ3n) is 4.28. The Bertz CT molecular complexity index is 904. The van der Waals surface area contributed by atoms with Crippen LogP contribution in [0.1, 0.15) is 26.5 Å². The van der Waals surface area contributed by atoms with Crippen LogP contribution in [-0.4, -0.2) is 57.7 Å². The predicted octanol–water partition coefficient (Wildman–Crippen LogP) is 1.75. The van der Waals surface area contributed by atoms with Gasteiger partial charge in [0.2, 0.25) is 0 Å². The Kier molecular flexibility index (Phi) is 5.72. The first-order chi connectivity index (χ1) is 13.6. The van der Waals surface area contributed by atoms with E-state index in [0.29, 0.717) is 11.5 Å². The Hall–Kier alpha value is -2.78. The molecule has 0 aliphatic carbocycles. The zero-order valence-electron chi connectivity index (χ0n) is 16.8. The molecule has 1 amide bonds. The molecule has 0 spiro atoms. The Morgan fingerprint density at radius 1 is 1.34 bits per heavy atom. The van der Waals surface area contributed by atoms with Gasteiger partial charge < -0.3 is 14.6 Å². The summed E-state index contributed by atoms with van der Waals surface area (Å²) < 4.78 is 25.3. The molecular weight excluding hydrogens is 381 g/mol. The minimum atomic E-state index is -1.75. The van der Waals surface area contributed by atoms with Crippen molar-refractivity contribution in [3.05, 3.63) is 41.8 Å². The lowest BCUT2D eigenvalue weighted by atomic mass is 10.1. The zero-order valence-corrected chi connectivity index (χ0v) is 16.8. The van der Waals surface area contributed by atoms with Crippen LogP contribution in [0.15, 0.2) is 30.3 Å². The number of aryl methyl sites for hydroxylation is 1. The highest BCUT2D eigenvalue weighted by Crippen LogP contribution is 2.23. The number of carbonyl (C=O) groups is 2. The second-order valence-electron chi connectivity index (χ2n) is 7.79. The second kappa shape index (κ2) is 7.92. The van der Waals surface area contributed by atoms with Crippen LogP contribution in [0.4, 0.5) is 10.2 Å². The van der Waals surface area contributed by atoms with Gasteiger partial charge in [-0.05, 0) is 52.0 Å². The molecule has 9 heteroatoms. The number of anilines is 1. The van der Waals surface area contributed by atoms with Crippen molar-refractivity contribution in [2.75, 3.05) is 18.1 Å². The van der Waals surface area contributed by atoms with E-state index in [0.717, 1.165) is 5.69 Å². The molecule has 2 atom stereocenters. The highest BCUT2D eigenvalue weighted by molar-refractivity contribution is 5.99. The number of benzene rings is 1. The van der Waals surface area contributed by atoms with Crippen LogP contribution < -0.4 is 4.90 Å². The number of hydrogen-bond acceptors (Lipinski definition) is 6. The molecule has 2 aromatic rings. The molecular formula is C20H24FN3O5. The van der Waals surface area contributed by atoms with Crippen LogP contribution in [0.5, 0.6) is 0 Å². The van der Waals surface area contributed by atoms with Gasteiger partial charge in [0, 0.05) is 11.8 Å². The van der Waals surface area contributed by atoms with Crippen molar-refractivity contribution in [2.24, 2.45) is 0 Å². The molecule has 29 heavy (non-hydrogen) atoms. The van der Waals surface area contributed by atoms with Crippen LogP contribution >= 0.6 is 0 Å². The minimum Gasteiger partial charge on any atom is -0.458 e. The van der Waals surface area contributed by atoms with Gasteiger partial charge in [-0.3, -0.25) is 9.69 Å². The third-order valence-corrected chi connectivity index (χ3v) is 4.28. The van der Waals surface area contributed by atoms with Crippen molar-refractivity contribution < 1.29 is 28.6 Å². The SMILES string of the molecule is Cc1cc(N2CCO[C@H]([C@@H](O)C(=O)OC(C)(C)C)C2=O)nn1-c1ccc(F)cc1. The first-order valence-corrected chi connectivity index (χ1v) is 9.23. The maximum absolute atomic E-state index is 13.2. The Balaban J connectivity index is 1.81. The van der Waals surface area contributed by atoms with E-state index in [4.69, 9.17) is 9.47 Å². The summed E-state index contributed by atoms with van der Waals surface area (Å²) in [5.74, 6) is -1.52. The normalized spacial score (nSPS) is 18.6. The van der Waals surface area contributed by atoms with E-state index in [1.807, 2.05) is 0 Å². The minimum absolute atomic E-state index is 0.124. The Morgan fingerprint density at radius 2 is 2.00 bits per heavy atom. The maximum atomic E-state index is 13.2. The number of morpholine rings is 1. The molecule has 1 aromatic heterocycles. The topological polar surface area (TPSA) is 93.9 Å². The standard InChI is InChI=1S/C20H24FN3O5/c1-12-11-15(22-24(12)14-7-5-13(21)6-8-14)23-9-10-28-17(18(23)26)16(25)19(27)29-20(2,3)4/h5-8,11,16-17,25H,9-10H2,1-4H3/t16-,17-/m1/s1. The van der Waals surface area contributed by atoms with Crippen molar-refractivity contribution in [1.29, 1.82) is 0 Å². The lowest BCUT2D eigenvalue weighted by Gasteiger charge is -2.33. The van der Waals surface area contributed by atoms with Crippen molar-refractivity contribution in [3.8, 4) is 5.69 Å². The fourth-order valence-electron chi connectivity index (χ4n) is 2.98. The van der Waals surface area contributed by atoms with Crippen molar-refractivity contribution in [3.63, 3.8) is 0 Å². The zero-order chi connectivity index (χ0) is 21.3. The van der Waals surface area contributed by atoms with Gasteiger partial charge in [-0.2, -0.15) is 0 Å². The van der Waals surface area contributed by atoms with Crippen molar-refractivity contribution >= 4 is 17.7 Å². The van der Waals surface area contributed by atoms with E-state index >= 15 is 0 Å². The van der Waals surface area contributed by atoms with Gasteiger partial charge in [0.1, 0.15) is 11.4 Å². The molecule has 0 bridgehead atoms. The summed E-state index contributed by atoms with van der Waals surface area (Å²) in [5.41, 5.74) is 0.567.